The number of hydrogen-bond donors (Lipinski definition) is 2. The molecule has 104 valence electrons. The average molecular weight is 272 g/mol. The zero-order valence-corrected chi connectivity index (χ0v) is 11.2. The molecule has 1 heterocycles. The maximum absolute atomic E-state index is 10.9. The summed E-state index contributed by atoms with van der Waals surface area (Å²) in [4.78, 5) is 14.7. The third-order valence-corrected chi connectivity index (χ3v) is 2.71. The minimum atomic E-state index is -0.396. The zero-order chi connectivity index (χ0) is 14.4. The molecule has 0 bridgehead atoms. The van der Waals surface area contributed by atoms with Crippen LogP contribution in [0, 0.1) is 10.1 Å². The Kier molecular flexibility index (Phi) is 4.49. The minimum Gasteiger partial charge on any atom is -0.385 e. The van der Waals surface area contributed by atoms with Gasteiger partial charge in [-0.1, -0.05) is 6.07 Å². The first-order valence-corrected chi connectivity index (χ1v) is 6.36. The largest absolute Gasteiger partial charge is 0.385 e. The topological polar surface area (TPSA) is 80.1 Å². The molecule has 0 aliphatic carbocycles. The molecule has 20 heavy (non-hydrogen) atoms. The van der Waals surface area contributed by atoms with Gasteiger partial charge in [-0.25, -0.2) is 0 Å². The standard InChI is InChI=1S/C14H16N4O2/c1-2-15-12-7-13(9-14(8-12)18(19)20)17-10-11-5-3-4-6-16-11/h3-9,15,17H,2,10H2,1H3. The number of nitro groups is 1. The van der Waals surface area contributed by atoms with E-state index in [1.807, 2.05) is 31.2 Å². The van der Waals surface area contributed by atoms with E-state index in [9.17, 15) is 10.1 Å². The van der Waals surface area contributed by atoms with E-state index in [1.165, 1.54) is 12.1 Å². The second-order valence-electron chi connectivity index (χ2n) is 4.23. The Balaban J connectivity index is 2.15. The highest BCUT2D eigenvalue weighted by molar-refractivity contribution is 5.63. The first-order valence-electron chi connectivity index (χ1n) is 6.36. The van der Waals surface area contributed by atoms with E-state index in [0.29, 0.717) is 18.8 Å². The van der Waals surface area contributed by atoms with Gasteiger partial charge in [-0.3, -0.25) is 15.1 Å². The van der Waals surface area contributed by atoms with Crippen molar-refractivity contribution in [2.45, 2.75) is 13.5 Å². The second-order valence-corrected chi connectivity index (χ2v) is 4.23. The molecule has 2 aromatic rings. The summed E-state index contributed by atoms with van der Waals surface area (Å²) >= 11 is 0. The van der Waals surface area contributed by atoms with Crippen LogP contribution in [0.25, 0.3) is 0 Å². The van der Waals surface area contributed by atoms with Crippen LogP contribution in [0.5, 0.6) is 0 Å². The summed E-state index contributed by atoms with van der Waals surface area (Å²) in [6, 6.07) is 10.5. The maximum atomic E-state index is 10.9. The van der Waals surface area contributed by atoms with E-state index >= 15 is 0 Å². The van der Waals surface area contributed by atoms with Crippen molar-refractivity contribution in [3.63, 3.8) is 0 Å². The summed E-state index contributed by atoms with van der Waals surface area (Å²) in [5.74, 6) is 0. The number of anilines is 2. The number of benzene rings is 1. The Morgan fingerprint density at radius 3 is 2.55 bits per heavy atom. The second kappa shape index (κ2) is 6.51. The molecular formula is C14H16N4O2. The number of pyridine rings is 1. The van der Waals surface area contributed by atoms with Crippen molar-refractivity contribution in [2.75, 3.05) is 17.2 Å². The predicted octanol–water partition coefficient (Wildman–Crippen LogP) is 3.03. The molecule has 0 radical (unpaired) electrons. The zero-order valence-electron chi connectivity index (χ0n) is 11.2. The highest BCUT2D eigenvalue weighted by Crippen LogP contribution is 2.24. The summed E-state index contributed by atoms with van der Waals surface area (Å²) in [5.41, 5.74) is 2.36. The van der Waals surface area contributed by atoms with Gasteiger partial charge in [-0.15, -0.1) is 0 Å². The highest BCUT2D eigenvalue weighted by atomic mass is 16.6. The van der Waals surface area contributed by atoms with E-state index in [-0.39, 0.29) is 5.69 Å². The molecular weight excluding hydrogens is 256 g/mol. The molecule has 6 nitrogen and oxygen atoms in total. The Hall–Kier alpha value is -2.63. The molecule has 0 saturated carbocycles. The number of non-ortho nitro benzene ring substituents is 1. The molecule has 0 unspecified atom stereocenters. The normalized spacial score (nSPS) is 10.1. The van der Waals surface area contributed by atoms with Crippen molar-refractivity contribution in [3.05, 3.63) is 58.4 Å². The third kappa shape index (κ3) is 3.68. The van der Waals surface area contributed by atoms with Crippen molar-refractivity contribution in [2.24, 2.45) is 0 Å². The molecule has 0 amide bonds. The Morgan fingerprint density at radius 1 is 1.20 bits per heavy atom. The van der Waals surface area contributed by atoms with Crippen molar-refractivity contribution < 1.29 is 4.92 Å². The monoisotopic (exact) mass is 272 g/mol. The molecule has 1 aromatic heterocycles. The number of nitrogens with one attached hydrogen (secondary N) is 2. The van der Waals surface area contributed by atoms with Crippen LogP contribution < -0.4 is 10.6 Å². The number of nitrogens with zero attached hydrogens (tertiary/aromatic N) is 2. The van der Waals surface area contributed by atoms with Crippen molar-refractivity contribution in [3.8, 4) is 0 Å². The van der Waals surface area contributed by atoms with Gasteiger partial charge in [0.25, 0.3) is 5.69 Å². The highest BCUT2D eigenvalue weighted by Gasteiger charge is 2.09. The van der Waals surface area contributed by atoms with Crippen LogP contribution in [0.3, 0.4) is 0 Å². The third-order valence-electron chi connectivity index (χ3n) is 2.71. The number of nitro benzene ring substituents is 1. The average Bonchev–Trinajstić information content (AvgIpc) is 2.46. The lowest BCUT2D eigenvalue weighted by Gasteiger charge is -2.09. The van der Waals surface area contributed by atoms with Crippen LogP contribution in [0.15, 0.2) is 42.6 Å². The Morgan fingerprint density at radius 2 is 1.95 bits per heavy atom. The smallest absolute Gasteiger partial charge is 0.273 e. The molecule has 6 heteroatoms. The fraction of sp³-hybridized carbons (Fsp3) is 0.214. The number of aromatic nitrogens is 1. The number of hydrogen-bond acceptors (Lipinski definition) is 5. The molecule has 0 saturated heterocycles. The van der Waals surface area contributed by atoms with Gasteiger partial charge >= 0.3 is 0 Å². The van der Waals surface area contributed by atoms with Crippen molar-refractivity contribution in [1.82, 2.24) is 4.98 Å². The lowest BCUT2D eigenvalue weighted by Crippen LogP contribution is -2.03. The van der Waals surface area contributed by atoms with Crippen LogP contribution in [0.1, 0.15) is 12.6 Å². The molecule has 0 aliphatic rings. The first kappa shape index (κ1) is 13.8. The SMILES string of the molecule is CCNc1cc(NCc2ccccn2)cc([N+](=O)[O-])c1. The molecule has 0 aliphatic heterocycles. The summed E-state index contributed by atoms with van der Waals surface area (Å²) in [7, 11) is 0. The summed E-state index contributed by atoms with van der Waals surface area (Å²) in [6.45, 7) is 3.17. The Labute approximate surface area is 117 Å². The molecule has 0 atom stereocenters. The van der Waals surface area contributed by atoms with Crippen LogP contribution >= 0.6 is 0 Å². The molecule has 2 rings (SSSR count). The van der Waals surface area contributed by atoms with Crippen molar-refractivity contribution in [1.29, 1.82) is 0 Å². The first-order chi connectivity index (χ1) is 9.69. The van der Waals surface area contributed by atoms with Gasteiger partial charge in [0.15, 0.2) is 0 Å². The number of rotatable bonds is 6. The molecule has 1 aromatic carbocycles. The van der Waals surface area contributed by atoms with E-state index < -0.39 is 4.92 Å². The lowest BCUT2D eigenvalue weighted by molar-refractivity contribution is -0.384. The van der Waals surface area contributed by atoms with Crippen molar-refractivity contribution >= 4 is 17.1 Å². The fourth-order valence-corrected chi connectivity index (χ4v) is 1.82. The van der Waals surface area contributed by atoms with E-state index in [4.69, 9.17) is 0 Å². The quantitative estimate of drug-likeness (QED) is 0.624. The van der Waals surface area contributed by atoms with Gasteiger partial charge in [-0.2, -0.15) is 0 Å². The van der Waals surface area contributed by atoms with Gasteiger partial charge in [-0.05, 0) is 25.1 Å². The van der Waals surface area contributed by atoms with Crippen LogP contribution in [-0.2, 0) is 6.54 Å². The molecule has 0 spiro atoms. The summed E-state index contributed by atoms with van der Waals surface area (Å²) in [6.07, 6.45) is 1.72. The Bertz CT molecular complexity index is 587. The summed E-state index contributed by atoms with van der Waals surface area (Å²) in [5, 5.41) is 17.2. The van der Waals surface area contributed by atoms with Gasteiger partial charge in [0.2, 0.25) is 0 Å². The lowest BCUT2D eigenvalue weighted by atomic mass is 10.2. The van der Waals surface area contributed by atoms with E-state index in [1.54, 1.807) is 6.20 Å². The predicted molar refractivity (Wildman–Crippen MR) is 78.8 cm³/mol. The summed E-state index contributed by atoms with van der Waals surface area (Å²) < 4.78 is 0. The minimum absolute atomic E-state index is 0.0620. The maximum Gasteiger partial charge on any atom is 0.273 e. The van der Waals surface area contributed by atoms with E-state index in [0.717, 1.165) is 11.4 Å². The van der Waals surface area contributed by atoms with Crippen LogP contribution in [0.2, 0.25) is 0 Å². The van der Waals surface area contributed by atoms with Crippen LogP contribution in [0.4, 0.5) is 17.1 Å². The van der Waals surface area contributed by atoms with Gasteiger partial charge < -0.3 is 10.6 Å². The van der Waals surface area contributed by atoms with E-state index in [2.05, 4.69) is 15.6 Å². The van der Waals surface area contributed by atoms with Gasteiger partial charge in [0.05, 0.1) is 17.2 Å². The van der Waals surface area contributed by atoms with Crippen LogP contribution in [-0.4, -0.2) is 16.5 Å². The van der Waals surface area contributed by atoms with Gasteiger partial charge in [0.1, 0.15) is 0 Å². The van der Waals surface area contributed by atoms with Gasteiger partial charge in [0, 0.05) is 36.2 Å². The molecule has 0 fully saturated rings. The molecule has 2 N–H and O–H groups in total. The fourth-order valence-electron chi connectivity index (χ4n) is 1.82.